The molecule has 0 atom stereocenters. The average molecular weight is 384 g/mol. The summed E-state index contributed by atoms with van der Waals surface area (Å²) in [5, 5.41) is 8.83. The Morgan fingerprint density at radius 1 is 0.931 bits per heavy atom. The van der Waals surface area contributed by atoms with Gasteiger partial charge in [-0.15, -0.1) is 0 Å². The summed E-state index contributed by atoms with van der Waals surface area (Å²) in [5.41, 5.74) is 2.39. The summed E-state index contributed by atoms with van der Waals surface area (Å²) < 4.78 is 1.38. The lowest BCUT2D eigenvalue weighted by Gasteiger charge is -2.11. The molecule has 4 rings (SSSR count). The van der Waals surface area contributed by atoms with Gasteiger partial charge >= 0.3 is 0 Å². The highest BCUT2D eigenvalue weighted by molar-refractivity contribution is 5.93. The summed E-state index contributed by atoms with van der Waals surface area (Å²) >= 11 is 0. The lowest BCUT2D eigenvalue weighted by molar-refractivity contribution is -0.121. The first kappa shape index (κ1) is 18.6. The number of rotatable bonds is 6. The largest absolute Gasteiger partial charge is 0.352 e. The normalized spacial score (nSPS) is 10.8. The van der Waals surface area contributed by atoms with Gasteiger partial charge in [0.2, 0.25) is 5.91 Å². The summed E-state index contributed by atoms with van der Waals surface area (Å²) in [6, 6.07) is 20.9. The molecular formula is C23H20N4O2. The summed E-state index contributed by atoms with van der Waals surface area (Å²) in [5.74, 6) is -0.142. The summed E-state index contributed by atoms with van der Waals surface area (Å²) in [6.45, 7) is 0.615. The van der Waals surface area contributed by atoms with Crippen LogP contribution in [0.1, 0.15) is 12.0 Å². The second-order valence-electron chi connectivity index (χ2n) is 6.68. The van der Waals surface area contributed by atoms with E-state index in [1.54, 1.807) is 18.5 Å². The second kappa shape index (κ2) is 8.48. The molecule has 144 valence electrons. The molecule has 0 saturated carbocycles. The van der Waals surface area contributed by atoms with E-state index in [1.807, 2.05) is 60.7 Å². The number of carbonyl (C=O) groups is 1. The molecule has 1 N–H and O–H groups in total. The van der Waals surface area contributed by atoms with Crippen LogP contribution in [0.25, 0.3) is 22.0 Å². The van der Waals surface area contributed by atoms with E-state index in [-0.39, 0.29) is 24.4 Å². The molecule has 0 aliphatic heterocycles. The maximum Gasteiger partial charge on any atom is 0.274 e. The summed E-state index contributed by atoms with van der Waals surface area (Å²) in [6.07, 6.45) is 3.56. The van der Waals surface area contributed by atoms with Crippen molar-refractivity contribution >= 4 is 16.7 Å². The Bertz CT molecular complexity index is 1190. The maximum atomic E-state index is 12.9. The number of amides is 1. The highest BCUT2D eigenvalue weighted by Crippen LogP contribution is 2.24. The minimum absolute atomic E-state index is 0.142. The van der Waals surface area contributed by atoms with Crippen LogP contribution < -0.4 is 10.9 Å². The Hall–Kier alpha value is -3.80. The van der Waals surface area contributed by atoms with E-state index in [0.29, 0.717) is 11.9 Å². The Morgan fingerprint density at radius 2 is 1.69 bits per heavy atom. The van der Waals surface area contributed by atoms with Crippen molar-refractivity contribution in [2.75, 3.05) is 0 Å². The molecule has 6 heteroatoms. The third-order valence-electron chi connectivity index (χ3n) is 4.68. The number of hydrogen-bond acceptors (Lipinski definition) is 4. The van der Waals surface area contributed by atoms with Crippen LogP contribution >= 0.6 is 0 Å². The number of carbonyl (C=O) groups excluding carboxylic acids is 1. The molecule has 2 aromatic carbocycles. The highest BCUT2D eigenvalue weighted by atomic mass is 16.2. The minimum atomic E-state index is -0.194. The van der Waals surface area contributed by atoms with Crippen LogP contribution in [0, 0.1) is 0 Å². The van der Waals surface area contributed by atoms with E-state index in [2.05, 4.69) is 15.4 Å². The summed E-state index contributed by atoms with van der Waals surface area (Å²) in [4.78, 5) is 29.1. The molecule has 0 aliphatic carbocycles. The molecule has 2 aromatic heterocycles. The number of nitrogens with one attached hydrogen (secondary N) is 1. The molecule has 0 aliphatic rings. The van der Waals surface area contributed by atoms with Gasteiger partial charge < -0.3 is 5.32 Å². The molecule has 0 bridgehead atoms. The topological polar surface area (TPSA) is 76.9 Å². The summed E-state index contributed by atoms with van der Waals surface area (Å²) in [7, 11) is 0. The molecule has 0 spiro atoms. The van der Waals surface area contributed by atoms with Crippen molar-refractivity contribution in [1.29, 1.82) is 0 Å². The predicted molar refractivity (Wildman–Crippen MR) is 112 cm³/mol. The zero-order valence-corrected chi connectivity index (χ0v) is 15.8. The maximum absolute atomic E-state index is 12.9. The SMILES string of the molecule is O=C(CCn1nc(-c2ccccc2)c2ccccc2c1=O)NCc1cccnc1. The molecule has 0 unspecified atom stereocenters. The van der Waals surface area contributed by atoms with Gasteiger partial charge in [0.05, 0.1) is 17.6 Å². The Morgan fingerprint density at radius 3 is 2.45 bits per heavy atom. The quantitative estimate of drug-likeness (QED) is 0.554. The fourth-order valence-corrected chi connectivity index (χ4v) is 3.20. The van der Waals surface area contributed by atoms with Crippen LogP contribution in [0.15, 0.2) is 83.9 Å². The van der Waals surface area contributed by atoms with E-state index < -0.39 is 0 Å². The molecule has 0 saturated heterocycles. The van der Waals surface area contributed by atoms with Crippen molar-refractivity contribution < 1.29 is 4.79 Å². The predicted octanol–water partition coefficient (Wildman–Crippen LogP) is 3.17. The first-order valence-electron chi connectivity index (χ1n) is 9.43. The number of benzene rings is 2. The van der Waals surface area contributed by atoms with E-state index in [1.165, 1.54) is 4.68 Å². The highest BCUT2D eigenvalue weighted by Gasteiger charge is 2.12. The molecule has 29 heavy (non-hydrogen) atoms. The molecule has 6 nitrogen and oxygen atoms in total. The fourth-order valence-electron chi connectivity index (χ4n) is 3.20. The van der Waals surface area contributed by atoms with Crippen LogP contribution in [0.2, 0.25) is 0 Å². The van der Waals surface area contributed by atoms with Crippen LogP contribution in [0.5, 0.6) is 0 Å². The van der Waals surface area contributed by atoms with Gasteiger partial charge in [0.1, 0.15) is 0 Å². The third kappa shape index (κ3) is 4.21. The monoisotopic (exact) mass is 384 g/mol. The lowest BCUT2D eigenvalue weighted by atomic mass is 10.1. The Balaban J connectivity index is 1.57. The van der Waals surface area contributed by atoms with E-state index in [4.69, 9.17) is 0 Å². The van der Waals surface area contributed by atoms with Gasteiger partial charge in [-0.05, 0) is 17.7 Å². The van der Waals surface area contributed by atoms with Gasteiger partial charge in [0.25, 0.3) is 5.56 Å². The number of aromatic nitrogens is 3. The Labute approximate surface area is 167 Å². The van der Waals surface area contributed by atoms with Crippen molar-refractivity contribution in [1.82, 2.24) is 20.1 Å². The molecular weight excluding hydrogens is 364 g/mol. The smallest absolute Gasteiger partial charge is 0.274 e. The van der Waals surface area contributed by atoms with Gasteiger partial charge in [-0.2, -0.15) is 5.10 Å². The molecule has 0 fully saturated rings. The van der Waals surface area contributed by atoms with E-state index in [9.17, 15) is 9.59 Å². The van der Waals surface area contributed by atoms with Crippen molar-refractivity contribution in [2.24, 2.45) is 0 Å². The minimum Gasteiger partial charge on any atom is -0.352 e. The van der Waals surface area contributed by atoms with Gasteiger partial charge in [-0.25, -0.2) is 4.68 Å². The number of fused-ring (bicyclic) bond motifs is 1. The molecule has 1 amide bonds. The number of hydrogen-bond donors (Lipinski definition) is 1. The van der Waals surface area contributed by atoms with Crippen molar-refractivity contribution in [3.63, 3.8) is 0 Å². The van der Waals surface area contributed by atoms with E-state index in [0.717, 1.165) is 22.2 Å². The molecule has 0 radical (unpaired) electrons. The van der Waals surface area contributed by atoms with E-state index >= 15 is 0 Å². The first-order valence-corrected chi connectivity index (χ1v) is 9.43. The van der Waals surface area contributed by atoms with Gasteiger partial charge in [0, 0.05) is 36.3 Å². The lowest BCUT2D eigenvalue weighted by Crippen LogP contribution is -2.29. The van der Waals surface area contributed by atoms with Crippen LogP contribution in [0.3, 0.4) is 0 Å². The molecule has 2 heterocycles. The van der Waals surface area contributed by atoms with Crippen molar-refractivity contribution in [3.05, 3.63) is 95.0 Å². The molecule has 4 aromatic rings. The van der Waals surface area contributed by atoms with Gasteiger partial charge in [-0.1, -0.05) is 54.6 Å². The van der Waals surface area contributed by atoms with Crippen LogP contribution in [-0.2, 0) is 17.9 Å². The zero-order valence-electron chi connectivity index (χ0n) is 15.8. The third-order valence-corrected chi connectivity index (χ3v) is 4.68. The zero-order chi connectivity index (χ0) is 20.1. The fraction of sp³-hybridized carbons (Fsp3) is 0.130. The number of pyridine rings is 1. The standard InChI is InChI=1S/C23H20N4O2/c28-21(25-16-17-7-6-13-24-15-17)12-14-27-23(29)20-11-5-4-10-19(20)22(26-27)18-8-2-1-3-9-18/h1-11,13,15H,12,14,16H2,(H,25,28). The average Bonchev–Trinajstić information content (AvgIpc) is 2.78. The number of nitrogens with zero attached hydrogens (tertiary/aromatic N) is 3. The Kier molecular flexibility index (Phi) is 5.42. The first-order chi connectivity index (χ1) is 14.2. The van der Waals surface area contributed by atoms with Crippen molar-refractivity contribution in [3.8, 4) is 11.3 Å². The van der Waals surface area contributed by atoms with Crippen LogP contribution in [-0.4, -0.2) is 20.7 Å². The van der Waals surface area contributed by atoms with Crippen LogP contribution in [0.4, 0.5) is 0 Å². The van der Waals surface area contributed by atoms with Gasteiger partial charge in [0.15, 0.2) is 0 Å². The number of aryl methyl sites for hydroxylation is 1. The second-order valence-corrected chi connectivity index (χ2v) is 6.68. The van der Waals surface area contributed by atoms with Gasteiger partial charge in [-0.3, -0.25) is 14.6 Å². The van der Waals surface area contributed by atoms with Crippen molar-refractivity contribution in [2.45, 2.75) is 19.5 Å².